The fourth-order valence-corrected chi connectivity index (χ4v) is 6.80. The van der Waals surface area contributed by atoms with E-state index >= 15 is 0 Å². The first-order valence-electron chi connectivity index (χ1n) is 15.0. The van der Waals surface area contributed by atoms with Crippen LogP contribution in [0.1, 0.15) is 146 Å². The van der Waals surface area contributed by atoms with Crippen molar-refractivity contribution in [3.05, 3.63) is 35.4 Å². The number of Topliss-reactive ketones (excluding diaryl/α,β-unsaturated/α-hetero) is 1. The second kappa shape index (κ2) is 14.5. The van der Waals surface area contributed by atoms with Crippen molar-refractivity contribution in [3.63, 3.8) is 0 Å². The van der Waals surface area contributed by atoms with Crippen LogP contribution < -0.4 is 5.73 Å². The van der Waals surface area contributed by atoms with Gasteiger partial charge in [-0.3, -0.25) is 4.79 Å². The maximum atomic E-state index is 12.7. The van der Waals surface area contributed by atoms with Gasteiger partial charge in [0.2, 0.25) is 0 Å². The summed E-state index contributed by atoms with van der Waals surface area (Å²) in [7, 11) is 1.89. The lowest BCUT2D eigenvalue weighted by Gasteiger charge is -2.53. The minimum atomic E-state index is -0.0338. The molecule has 2 N–H and O–H groups in total. The molecule has 198 valence electrons. The molecule has 4 rings (SSSR count). The lowest BCUT2D eigenvalue weighted by molar-refractivity contribution is -0.119. The number of hydrogen-bond donors (Lipinski definition) is 1. The van der Waals surface area contributed by atoms with Gasteiger partial charge >= 0.3 is 0 Å². The van der Waals surface area contributed by atoms with Crippen LogP contribution in [-0.4, -0.2) is 25.0 Å². The van der Waals surface area contributed by atoms with E-state index in [2.05, 4.69) is 31.2 Å². The molecule has 0 saturated heterocycles. The molecule has 0 amide bonds. The van der Waals surface area contributed by atoms with Crippen LogP contribution in [0.5, 0.6) is 0 Å². The van der Waals surface area contributed by atoms with E-state index in [9.17, 15) is 4.79 Å². The predicted octanol–water partition coefficient (Wildman–Crippen LogP) is 8.38. The number of methoxy groups -OCH3 is 1. The first kappa shape index (κ1) is 28.4. The largest absolute Gasteiger partial charge is 0.378 e. The zero-order chi connectivity index (χ0) is 25.0. The zero-order valence-corrected chi connectivity index (χ0v) is 22.9. The third kappa shape index (κ3) is 7.89. The standard InChI is InChI=1S/C32H53NO2/c1-3-4-5-6-7-8-9-10-11-12-13-14-15-29(30(34)26-33)27-16-18-28(19-17-27)31-20-23-32(35-2,24-21-31)25-22-31/h16-19,29H,3-15,20-26,33H2,1-2H3. The fourth-order valence-electron chi connectivity index (χ4n) is 6.80. The Morgan fingerprint density at radius 3 is 1.74 bits per heavy atom. The number of fused-ring (bicyclic) bond motifs is 3. The first-order chi connectivity index (χ1) is 17.1. The minimum Gasteiger partial charge on any atom is -0.378 e. The summed E-state index contributed by atoms with van der Waals surface area (Å²) in [6.45, 7) is 2.43. The quantitative estimate of drug-likeness (QED) is 0.213. The summed E-state index contributed by atoms with van der Waals surface area (Å²) >= 11 is 0. The molecule has 1 aromatic carbocycles. The summed E-state index contributed by atoms with van der Waals surface area (Å²) in [6.07, 6.45) is 24.3. The van der Waals surface area contributed by atoms with Crippen LogP contribution in [0, 0.1) is 0 Å². The van der Waals surface area contributed by atoms with Crippen LogP contribution in [0.2, 0.25) is 0 Å². The molecule has 3 aliphatic carbocycles. The Bertz CT molecular complexity index is 716. The van der Waals surface area contributed by atoms with Crippen LogP contribution in [0.3, 0.4) is 0 Å². The molecule has 0 aliphatic heterocycles. The fraction of sp³-hybridized carbons (Fsp3) is 0.781. The highest BCUT2D eigenvalue weighted by Crippen LogP contribution is 2.54. The Hall–Kier alpha value is -1.19. The molecule has 0 radical (unpaired) electrons. The number of unbranched alkanes of at least 4 members (excludes halogenated alkanes) is 11. The van der Waals surface area contributed by atoms with Crippen LogP contribution in [0.25, 0.3) is 0 Å². The lowest BCUT2D eigenvalue weighted by atomic mass is 9.56. The van der Waals surface area contributed by atoms with Gasteiger partial charge < -0.3 is 10.5 Å². The summed E-state index contributed by atoms with van der Waals surface area (Å²) in [6, 6.07) is 9.10. The number of nitrogens with two attached hydrogens (primary N) is 1. The molecule has 1 unspecified atom stereocenters. The molecule has 3 heteroatoms. The SMILES string of the molecule is CCCCCCCCCCCCCCC(C(=O)CN)c1ccc(C23CCC(OC)(CC2)CC3)cc1. The number of carbonyl (C=O) groups excluding carboxylic acids is 1. The Morgan fingerprint density at radius 1 is 0.800 bits per heavy atom. The van der Waals surface area contributed by atoms with Crippen LogP contribution in [0.4, 0.5) is 0 Å². The van der Waals surface area contributed by atoms with E-state index in [1.807, 2.05) is 7.11 Å². The third-order valence-electron chi connectivity index (χ3n) is 9.47. The Morgan fingerprint density at radius 2 is 1.29 bits per heavy atom. The predicted molar refractivity (Wildman–Crippen MR) is 148 cm³/mol. The highest BCUT2D eigenvalue weighted by Gasteiger charge is 2.49. The average molecular weight is 484 g/mol. The van der Waals surface area contributed by atoms with Crippen molar-refractivity contribution in [3.8, 4) is 0 Å². The molecule has 0 heterocycles. The molecular weight excluding hydrogens is 430 g/mol. The summed E-state index contributed by atoms with van der Waals surface area (Å²) < 4.78 is 5.88. The van der Waals surface area contributed by atoms with E-state index in [1.165, 1.54) is 120 Å². The first-order valence-corrected chi connectivity index (χ1v) is 15.0. The second-order valence-electron chi connectivity index (χ2n) is 11.7. The molecule has 1 aromatic rings. The van der Waals surface area contributed by atoms with Gasteiger partial charge in [-0.05, 0) is 61.5 Å². The highest BCUT2D eigenvalue weighted by molar-refractivity contribution is 5.87. The highest BCUT2D eigenvalue weighted by atomic mass is 16.5. The van der Waals surface area contributed by atoms with Gasteiger partial charge in [-0.15, -0.1) is 0 Å². The normalized spacial score (nSPS) is 24.5. The summed E-state index contributed by atoms with van der Waals surface area (Å²) in [5, 5.41) is 0. The van der Waals surface area contributed by atoms with Gasteiger partial charge in [0, 0.05) is 13.0 Å². The Balaban J connectivity index is 1.40. The number of ether oxygens (including phenoxy) is 1. The Kier molecular flexibility index (Phi) is 11.8. The maximum Gasteiger partial charge on any atom is 0.153 e. The number of rotatable bonds is 18. The van der Waals surface area contributed by atoms with E-state index in [0.717, 1.165) is 12.8 Å². The number of benzene rings is 1. The van der Waals surface area contributed by atoms with Crippen molar-refractivity contribution in [1.29, 1.82) is 0 Å². The molecule has 3 saturated carbocycles. The topological polar surface area (TPSA) is 52.3 Å². The van der Waals surface area contributed by atoms with Crippen LogP contribution in [0.15, 0.2) is 24.3 Å². The van der Waals surface area contributed by atoms with Crippen molar-refractivity contribution in [2.45, 2.75) is 146 Å². The molecule has 0 aromatic heterocycles. The molecule has 3 fully saturated rings. The van der Waals surface area contributed by atoms with E-state index in [1.54, 1.807) is 0 Å². The van der Waals surface area contributed by atoms with Gasteiger partial charge in [0.25, 0.3) is 0 Å². The van der Waals surface area contributed by atoms with Gasteiger partial charge in [0.05, 0.1) is 12.1 Å². The molecular formula is C32H53NO2. The van der Waals surface area contributed by atoms with Crippen molar-refractivity contribution in [1.82, 2.24) is 0 Å². The summed E-state index contributed by atoms with van der Waals surface area (Å²) in [4.78, 5) is 12.7. The van der Waals surface area contributed by atoms with Crippen molar-refractivity contribution in [2.75, 3.05) is 13.7 Å². The van der Waals surface area contributed by atoms with Crippen molar-refractivity contribution in [2.24, 2.45) is 5.73 Å². The van der Waals surface area contributed by atoms with Crippen molar-refractivity contribution < 1.29 is 9.53 Å². The average Bonchev–Trinajstić information content (AvgIpc) is 2.92. The van der Waals surface area contributed by atoms with Gasteiger partial charge in [-0.2, -0.15) is 0 Å². The minimum absolute atomic E-state index is 0.0338. The number of hydrogen-bond acceptors (Lipinski definition) is 3. The molecule has 35 heavy (non-hydrogen) atoms. The van der Waals surface area contributed by atoms with Crippen LogP contribution >= 0.6 is 0 Å². The summed E-state index contributed by atoms with van der Waals surface area (Å²) in [5.41, 5.74) is 8.91. The van der Waals surface area contributed by atoms with E-state index < -0.39 is 0 Å². The van der Waals surface area contributed by atoms with E-state index in [-0.39, 0.29) is 23.8 Å². The maximum absolute atomic E-state index is 12.7. The molecule has 3 nitrogen and oxygen atoms in total. The molecule has 0 spiro atoms. The van der Waals surface area contributed by atoms with Gasteiger partial charge in [0.1, 0.15) is 0 Å². The van der Waals surface area contributed by atoms with Gasteiger partial charge in [-0.1, -0.05) is 108 Å². The Labute approximate surface area is 216 Å². The third-order valence-corrected chi connectivity index (χ3v) is 9.47. The lowest BCUT2D eigenvalue weighted by Crippen LogP contribution is -2.49. The summed E-state index contributed by atoms with van der Waals surface area (Å²) in [5.74, 6) is 0.160. The monoisotopic (exact) mass is 483 g/mol. The smallest absolute Gasteiger partial charge is 0.153 e. The van der Waals surface area contributed by atoms with E-state index in [4.69, 9.17) is 10.5 Å². The molecule has 2 bridgehead atoms. The van der Waals surface area contributed by atoms with Gasteiger partial charge in [-0.25, -0.2) is 0 Å². The van der Waals surface area contributed by atoms with Gasteiger partial charge in [0.15, 0.2) is 5.78 Å². The molecule has 1 atom stereocenters. The van der Waals surface area contributed by atoms with E-state index in [0.29, 0.717) is 5.41 Å². The number of ketones is 1. The molecule has 3 aliphatic rings. The zero-order valence-electron chi connectivity index (χ0n) is 22.9. The van der Waals surface area contributed by atoms with Crippen molar-refractivity contribution >= 4 is 5.78 Å². The number of carbonyl (C=O) groups is 1. The van der Waals surface area contributed by atoms with Crippen LogP contribution in [-0.2, 0) is 14.9 Å². The second-order valence-corrected chi connectivity index (χ2v) is 11.7.